The third-order valence-electron chi connectivity index (χ3n) is 2.30. The molecule has 23 heavy (non-hydrogen) atoms. The lowest BCUT2D eigenvalue weighted by atomic mass is 10.2. The number of rotatable bonds is 9. The second-order valence-electron chi connectivity index (χ2n) is 4.11. The monoisotopic (exact) mass is 370 g/mol. The number of halogens is 11. The van der Waals surface area contributed by atoms with Crippen LogP contribution in [0.25, 0.3) is 0 Å². The highest BCUT2D eigenvalue weighted by molar-refractivity contribution is 4.92. The van der Waals surface area contributed by atoms with Crippen molar-refractivity contribution in [1.29, 1.82) is 0 Å². The van der Waals surface area contributed by atoms with Crippen molar-refractivity contribution in [3.05, 3.63) is 12.4 Å². The van der Waals surface area contributed by atoms with Gasteiger partial charge in [0.25, 0.3) is 0 Å². The highest BCUT2D eigenvalue weighted by atomic mass is 19.3. The number of hydrogen-bond donors (Lipinski definition) is 0. The van der Waals surface area contributed by atoms with E-state index >= 15 is 0 Å². The predicted molar refractivity (Wildman–Crippen MR) is 52.3 cm³/mol. The molecule has 0 amide bonds. The maximum atomic E-state index is 13.0. The van der Waals surface area contributed by atoms with Crippen LogP contribution in [0.3, 0.4) is 0 Å². The SMILES string of the molecule is C=C(F)C(F)(F)OCC(F)(F)C(F)(F)OC(F)(F)C(F)(F)CC. The van der Waals surface area contributed by atoms with E-state index < -0.39 is 49.0 Å². The number of ether oxygens (including phenoxy) is 2. The van der Waals surface area contributed by atoms with Crippen molar-refractivity contribution in [2.75, 3.05) is 6.61 Å². The van der Waals surface area contributed by atoms with Crippen LogP contribution in [-0.2, 0) is 9.47 Å². The highest BCUT2D eigenvalue weighted by Gasteiger charge is 2.68. The second-order valence-corrected chi connectivity index (χ2v) is 4.11. The lowest BCUT2D eigenvalue weighted by Crippen LogP contribution is -2.55. The quantitative estimate of drug-likeness (QED) is 0.534. The fourth-order valence-corrected chi connectivity index (χ4v) is 0.860. The number of hydrogen-bond acceptors (Lipinski definition) is 2. The predicted octanol–water partition coefficient (Wildman–Crippen LogP) is 4.96. The molecule has 0 saturated carbocycles. The van der Waals surface area contributed by atoms with Crippen LogP contribution in [0.1, 0.15) is 13.3 Å². The van der Waals surface area contributed by atoms with Gasteiger partial charge in [-0.05, 0) is 0 Å². The lowest BCUT2D eigenvalue weighted by Gasteiger charge is -2.32. The van der Waals surface area contributed by atoms with Gasteiger partial charge in [0.15, 0.2) is 5.83 Å². The summed E-state index contributed by atoms with van der Waals surface area (Å²) in [7, 11) is 0. The summed E-state index contributed by atoms with van der Waals surface area (Å²) < 4.78 is 145. The van der Waals surface area contributed by atoms with Crippen molar-refractivity contribution in [3.8, 4) is 0 Å². The third-order valence-corrected chi connectivity index (χ3v) is 2.30. The Balaban J connectivity index is 5.21. The molecule has 0 aromatic rings. The average molecular weight is 370 g/mol. The van der Waals surface area contributed by atoms with E-state index in [2.05, 4.69) is 9.47 Å². The Morgan fingerprint density at radius 2 is 1.22 bits per heavy atom. The zero-order chi connectivity index (χ0) is 18.9. The van der Waals surface area contributed by atoms with Gasteiger partial charge in [0.2, 0.25) is 0 Å². The molecule has 0 aliphatic heterocycles. The molecule has 138 valence electrons. The van der Waals surface area contributed by atoms with Gasteiger partial charge in [0.05, 0.1) is 0 Å². The zero-order valence-electron chi connectivity index (χ0n) is 11.1. The van der Waals surface area contributed by atoms with Crippen molar-refractivity contribution in [2.24, 2.45) is 0 Å². The van der Waals surface area contributed by atoms with E-state index in [1.54, 1.807) is 0 Å². The van der Waals surface area contributed by atoms with E-state index in [1.165, 1.54) is 0 Å². The fourth-order valence-electron chi connectivity index (χ4n) is 0.860. The van der Waals surface area contributed by atoms with Crippen LogP contribution in [0.5, 0.6) is 0 Å². The zero-order valence-corrected chi connectivity index (χ0v) is 11.1. The minimum Gasteiger partial charge on any atom is -0.308 e. The van der Waals surface area contributed by atoms with E-state index in [0.29, 0.717) is 6.92 Å². The van der Waals surface area contributed by atoms with Crippen molar-refractivity contribution in [2.45, 2.75) is 43.5 Å². The van der Waals surface area contributed by atoms with Crippen molar-refractivity contribution < 1.29 is 57.8 Å². The van der Waals surface area contributed by atoms with Gasteiger partial charge in [0, 0.05) is 6.42 Å². The Labute approximate surface area is 121 Å². The topological polar surface area (TPSA) is 18.5 Å². The molecule has 0 fully saturated rings. The van der Waals surface area contributed by atoms with Gasteiger partial charge >= 0.3 is 30.2 Å². The Bertz CT molecular complexity index is 433. The lowest BCUT2D eigenvalue weighted by molar-refractivity contribution is -0.473. The molecule has 0 aliphatic rings. The van der Waals surface area contributed by atoms with E-state index in [1.807, 2.05) is 6.58 Å². The minimum atomic E-state index is -6.33. The molecule has 0 aromatic heterocycles. The second kappa shape index (κ2) is 6.42. The molecule has 0 aliphatic carbocycles. The highest BCUT2D eigenvalue weighted by Crippen LogP contribution is 2.46. The van der Waals surface area contributed by atoms with Gasteiger partial charge in [0.1, 0.15) is 6.61 Å². The molecule has 0 saturated heterocycles. The van der Waals surface area contributed by atoms with E-state index in [-0.39, 0.29) is 0 Å². The summed E-state index contributed by atoms with van der Waals surface area (Å²) >= 11 is 0. The molecule has 0 bridgehead atoms. The maximum Gasteiger partial charge on any atom is 0.426 e. The number of alkyl halides is 10. The average Bonchev–Trinajstić information content (AvgIpc) is 2.34. The fraction of sp³-hybridized carbons (Fsp3) is 0.800. The standard InChI is InChI=1S/C10H9F11O2/c1-3-6(12,13)9(18,19)23-10(20,21)7(14,15)4-22-8(16,17)5(2)11/h2-4H2,1H3. The maximum absolute atomic E-state index is 13.0. The van der Waals surface area contributed by atoms with E-state index in [0.717, 1.165) is 0 Å². The van der Waals surface area contributed by atoms with Gasteiger partial charge < -0.3 is 4.74 Å². The van der Waals surface area contributed by atoms with Crippen LogP contribution in [0.4, 0.5) is 48.3 Å². The van der Waals surface area contributed by atoms with Crippen molar-refractivity contribution >= 4 is 0 Å². The Morgan fingerprint density at radius 1 is 0.826 bits per heavy atom. The van der Waals surface area contributed by atoms with Crippen molar-refractivity contribution in [1.82, 2.24) is 0 Å². The summed E-state index contributed by atoms with van der Waals surface area (Å²) in [6, 6.07) is 0. The first-order valence-corrected chi connectivity index (χ1v) is 5.50. The Kier molecular flexibility index (Phi) is 6.11. The van der Waals surface area contributed by atoms with Crippen LogP contribution < -0.4 is 0 Å². The molecular weight excluding hydrogens is 361 g/mol. The van der Waals surface area contributed by atoms with Gasteiger partial charge in [-0.25, -0.2) is 9.13 Å². The molecule has 0 N–H and O–H groups in total. The molecule has 0 rings (SSSR count). The molecular formula is C10H9F11O2. The van der Waals surface area contributed by atoms with E-state index in [9.17, 15) is 48.3 Å². The summed E-state index contributed by atoms with van der Waals surface area (Å²) in [6.45, 7) is -0.635. The summed E-state index contributed by atoms with van der Waals surface area (Å²) in [6.07, 6.45) is -19.3. The molecule has 13 heteroatoms. The first-order chi connectivity index (χ1) is 9.92. The molecule has 2 nitrogen and oxygen atoms in total. The van der Waals surface area contributed by atoms with Crippen LogP contribution in [-0.4, -0.2) is 36.8 Å². The van der Waals surface area contributed by atoms with Crippen LogP contribution in [0, 0.1) is 0 Å². The largest absolute Gasteiger partial charge is 0.426 e. The summed E-state index contributed by atoms with van der Waals surface area (Å²) in [4.78, 5) is 0. The van der Waals surface area contributed by atoms with Crippen LogP contribution >= 0.6 is 0 Å². The first-order valence-electron chi connectivity index (χ1n) is 5.50. The Morgan fingerprint density at radius 3 is 1.57 bits per heavy atom. The van der Waals surface area contributed by atoms with E-state index in [4.69, 9.17) is 0 Å². The van der Waals surface area contributed by atoms with Gasteiger partial charge in [-0.1, -0.05) is 13.5 Å². The Hall–Kier alpha value is -1.11. The molecule has 0 heterocycles. The normalized spacial score (nSPS) is 15.0. The molecule has 0 radical (unpaired) electrons. The van der Waals surface area contributed by atoms with Gasteiger partial charge in [-0.15, -0.1) is 0 Å². The van der Waals surface area contributed by atoms with Crippen LogP contribution in [0.2, 0.25) is 0 Å². The molecule has 0 aromatic carbocycles. The third kappa shape index (κ3) is 4.93. The summed E-state index contributed by atoms with van der Waals surface area (Å²) in [5, 5.41) is 0. The first kappa shape index (κ1) is 21.9. The molecule has 0 unspecified atom stereocenters. The molecule has 0 spiro atoms. The van der Waals surface area contributed by atoms with Gasteiger partial charge in [-0.2, -0.15) is 43.9 Å². The molecule has 0 atom stereocenters. The van der Waals surface area contributed by atoms with Crippen LogP contribution in [0.15, 0.2) is 12.4 Å². The summed E-state index contributed by atoms with van der Waals surface area (Å²) in [5.74, 6) is -13.8. The minimum absolute atomic E-state index is 0.421. The van der Waals surface area contributed by atoms with Gasteiger partial charge in [-0.3, -0.25) is 0 Å². The van der Waals surface area contributed by atoms with Crippen molar-refractivity contribution in [3.63, 3.8) is 0 Å². The smallest absolute Gasteiger partial charge is 0.308 e. The summed E-state index contributed by atoms with van der Waals surface area (Å²) in [5.41, 5.74) is 0.